The minimum Gasteiger partial charge on any atom is -0.493 e. The molecular weight excluding hydrogens is 370 g/mol. The molecular formula is C22H27N3O4. The highest BCUT2D eigenvalue weighted by Crippen LogP contribution is 2.33. The fourth-order valence-corrected chi connectivity index (χ4v) is 3.91. The summed E-state index contributed by atoms with van der Waals surface area (Å²) < 4.78 is 16.3. The lowest BCUT2D eigenvalue weighted by atomic mass is 9.99. The number of urea groups is 1. The van der Waals surface area contributed by atoms with E-state index in [0.717, 1.165) is 42.2 Å². The van der Waals surface area contributed by atoms with Gasteiger partial charge in [0.15, 0.2) is 11.5 Å². The Morgan fingerprint density at radius 1 is 1.00 bits per heavy atom. The summed E-state index contributed by atoms with van der Waals surface area (Å²) in [7, 11) is 3.26. The number of anilines is 2. The van der Waals surface area contributed by atoms with Crippen molar-refractivity contribution in [2.24, 2.45) is 0 Å². The smallest absolute Gasteiger partial charge is 0.322 e. The molecule has 4 rings (SSSR count). The van der Waals surface area contributed by atoms with Crippen molar-refractivity contribution in [1.29, 1.82) is 0 Å². The first-order valence-corrected chi connectivity index (χ1v) is 9.91. The zero-order valence-corrected chi connectivity index (χ0v) is 16.9. The molecule has 0 aromatic heterocycles. The maximum Gasteiger partial charge on any atom is 0.322 e. The van der Waals surface area contributed by atoms with Crippen LogP contribution in [-0.2, 0) is 17.7 Å². The van der Waals surface area contributed by atoms with Gasteiger partial charge in [0.05, 0.1) is 38.8 Å². The largest absolute Gasteiger partial charge is 0.493 e. The van der Waals surface area contributed by atoms with Crippen LogP contribution in [0.15, 0.2) is 36.4 Å². The molecule has 29 heavy (non-hydrogen) atoms. The summed E-state index contributed by atoms with van der Waals surface area (Å²) in [5, 5.41) is 3.11. The highest BCUT2D eigenvalue weighted by atomic mass is 16.5. The topological polar surface area (TPSA) is 63.3 Å². The Labute approximate surface area is 171 Å². The van der Waals surface area contributed by atoms with E-state index in [-0.39, 0.29) is 6.03 Å². The Hall–Kier alpha value is -2.93. The molecule has 0 saturated carbocycles. The molecule has 0 radical (unpaired) electrons. The van der Waals surface area contributed by atoms with E-state index < -0.39 is 0 Å². The fraction of sp³-hybridized carbons (Fsp3) is 0.409. The number of morpholine rings is 1. The van der Waals surface area contributed by atoms with E-state index in [1.807, 2.05) is 41.3 Å². The van der Waals surface area contributed by atoms with Gasteiger partial charge in [-0.1, -0.05) is 12.1 Å². The number of hydrogen-bond acceptors (Lipinski definition) is 5. The number of carbonyl (C=O) groups is 1. The molecule has 0 bridgehead atoms. The SMILES string of the molecule is COc1cc2c(cc1OC)CN(C(=O)Nc1ccccc1N1CCOCC1)CC2. The lowest BCUT2D eigenvalue weighted by molar-refractivity contribution is 0.123. The third-order valence-corrected chi connectivity index (χ3v) is 5.50. The number of benzene rings is 2. The van der Waals surface area contributed by atoms with E-state index in [9.17, 15) is 4.79 Å². The van der Waals surface area contributed by atoms with Crippen molar-refractivity contribution in [3.63, 3.8) is 0 Å². The molecule has 2 aliphatic rings. The molecule has 154 valence electrons. The van der Waals surface area contributed by atoms with Crippen molar-refractivity contribution >= 4 is 17.4 Å². The van der Waals surface area contributed by atoms with Gasteiger partial charge in [-0.15, -0.1) is 0 Å². The molecule has 7 heteroatoms. The second-order valence-corrected chi connectivity index (χ2v) is 7.19. The first-order chi connectivity index (χ1) is 14.2. The van der Waals surface area contributed by atoms with Gasteiger partial charge in [0.2, 0.25) is 0 Å². The van der Waals surface area contributed by atoms with Gasteiger partial charge in [-0.2, -0.15) is 0 Å². The first kappa shape index (κ1) is 19.4. The number of hydrogen-bond donors (Lipinski definition) is 1. The molecule has 0 atom stereocenters. The van der Waals surface area contributed by atoms with Crippen LogP contribution in [0.3, 0.4) is 0 Å². The third kappa shape index (κ3) is 4.10. The van der Waals surface area contributed by atoms with E-state index in [4.69, 9.17) is 14.2 Å². The molecule has 2 amide bonds. The highest BCUT2D eigenvalue weighted by molar-refractivity contribution is 5.93. The first-order valence-electron chi connectivity index (χ1n) is 9.91. The molecule has 2 aromatic rings. The van der Waals surface area contributed by atoms with Crippen molar-refractivity contribution in [1.82, 2.24) is 4.90 Å². The zero-order chi connectivity index (χ0) is 20.2. The normalized spacial score (nSPS) is 16.2. The maximum atomic E-state index is 13.0. The molecule has 1 N–H and O–H groups in total. The number of para-hydroxylation sites is 2. The van der Waals surface area contributed by atoms with Crippen LogP contribution in [0.25, 0.3) is 0 Å². The molecule has 1 saturated heterocycles. The highest BCUT2D eigenvalue weighted by Gasteiger charge is 2.24. The number of nitrogens with one attached hydrogen (secondary N) is 1. The van der Waals surface area contributed by atoms with Crippen molar-refractivity contribution in [3.05, 3.63) is 47.5 Å². The predicted molar refractivity (Wildman–Crippen MR) is 112 cm³/mol. The van der Waals surface area contributed by atoms with Crippen LogP contribution in [0.1, 0.15) is 11.1 Å². The fourth-order valence-electron chi connectivity index (χ4n) is 3.91. The minimum atomic E-state index is -0.0915. The standard InChI is InChI=1S/C22H27N3O4/c1-27-20-13-16-7-8-25(15-17(16)14-21(20)28-2)22(26)23-18-5-3-4-6-19(18)24-9-11-29-12-10-24/h3-6,13-14H,7-12,15H2,1-2H3,(H,23,26). The van der Waals surface area contributed by atoms with E-state index in [1.54, 1.807) is 14.2 Å². The second-order valence-electron chi connectivity index (χ2n) is 7.19. The summed E-state index contributed by atoms with van der Waals surface area (Å²) in [5.74, 6) is 1.41. The minimum absolute atomic E-state index is 0.0915. The van der Waals surface area contributed by atoms with E-state index >= 15 is 0 Å². The van der Waals surface area contributed by atoms with Gasteiger partial charge in [0.25, 0.3) is 0 Å². The summed E-state index contributed by atoms with van der Waals surface area (Å²) >= 11 is 0. The number of methoxy groups -OCH3 is 2. The quantitative estimate of drug-likeness (QED) is 0.859. The van der Waals surface area contributed by atoms with Crippen LogP contribution >= 0.6 is 0 Å². The average Bonchev–Trinajstić information content (AvgIpc) is 2.78. The number of amides is 2. The van der Waals surface area contributed by atoms with Crippen LogP contribution in [-0.4, -0.2) is 58.0 Å². The van der Waals surface area contributed by atoms with Crippen molar-refractivity contribution < 1.29 is 19.0 Å². The van der Waals surface area contributed by atoms with Crippen LogP contribution in [0.5, 0.6) is 11.5 Å². The lowest BCUT2D eigenvalue weighted by Crippen LogP contribution is -2.40. The number of carbonyl (C=O) groups excluding carboxylic acids is 1. The number of rotatable bonds is 4. The summed E-state index contributed by atoms with van der Waals surface area (Å²) in [5.41, 5.74) is 4.15. The van der Waals surface area contributed by atoms with E-state index in [0.29, 0.717) is 32.1 Å². The second kappa shape index (κ2) is 8.61. The van der Waals surface area contributed by atoms with Crippen molar-refractivity contribution in [3.8, 4) is 11.5 Å². The molecule has 1 fully saturated rings. The monoisotopic (exact) mass is 397 g/mol. The number of fused-ring (bicyclic) bond motifs is 1. The zero-order valence-electron chi connectivity index (χ0n) is 16.9. The Balaban J connectivity index is 1.49. The van der Waals surface area contributed by atoms with Crippen LogP contribution in [0.2, 0.25) is 0 Å². The molecule has 7 nitrogen and oxygen atoms in total. The Kier molecular flexibility index (Phi) is 5.76. The molecule has 2 aliphatic heterocycles. The number of ether oxygens (including phenoxy) is 3. The predicted octanol–water partition coefficient (Wildman–Crippen LogP) is 3.13. The Bertz CT molecular complexity index is 880. The van der Waals surface area contributed by atoms with Gasteiger partial charge in [-0.05, 0) is 41.8 Å². The summed E-state index contributed by atoms with van der Waals surface area (Å²) in [6.45, 7) is 4.26. The van der Waals surface area contributed by atoms with Crippen molar-refractivity contribution in [2.75, 3.05) is 57.3 Å². The van der Waals surface area contributed by atoms with Gasteiger partial charge in [-0.3, -0.25) is 0 Å². The molecule has 0 unspecified atom stereocenters. The third-order valence-electron chi connectivity index (χ3n) is 5.50. The lowest BCUT2D eigenvalue weighted by Gasteiger charge is -2.32. The number of nitrogens with zero attached hydrogens (tertiary/aromatic N) is 2. The van der Waals surface area contributed by atoms with Crippen molar-refractivity contribution in [2.45, 2.75) is 13.0 Å². The molecule has 0 spiro atoms. The summed E-state index contributed by atoms with van der Waals surface area (Å²) in [6, 6.07) is 11.8. The Morgan fingerprint density at radius 3 is 2.41 bits per heavy atom. The summed E-state index contributed by atoms with van der Waals surface area (Å²) in [4.78, 5) is 17.1. The van der Waals surface area contributed by atoms with Gasteiger partial charge in [0.1, 0.15) is 0 Å². The van der Waals surface area contributed by atoms with E-state index in [2.05, 4.69) is 10.2 Å². The summed E-state index contributed by atoms with van der Waals surface area (Å²) in [6.07, 6.45) is 0.786. The van der Waals surface area contributed by atoms with Crippen LogP contribution in [0, 0.1) is 0 Å². The Morgan fingerprint density at radius 2 is 1.69 bits per heavy atom. The van der Waals surface area contributed by atoms with Gasteiger partial charge in [-0.25, -0.2) is 4.79 Å². The molecule has 2 aromatic carbocycles. The van der Waals surface area contributed by atoms with Gasteiger partial charge >= 0.3 is 6.03 Å². The molecule has 2 heterocycles. The van der Waals surface area contributed by atoms with Gasteiger partial charge in [0, 0.05) is 26.2 Å². The van der Waals surface area contributed by atoms with E-state index in [1.165, 1.54) is 5.56 Å². The van der Waals surface area contributed by atoms with Gasteiger partial charge < -0.3 is 29.3 Å². The average molecular weight is 397 g/mol. The molecule has 0 aliphatic carbocycles. The van der Waals surface area contributed by atoms with Crippen LogP contribution in [0.4, 0.5) is 16.2 Å². The van der Waals surface area contributed by atoms with Crippen LogP contribution < -0.4 is 19.7 Å². The maximum absolute atomic E-state index is 13.0.